The second-order valence-electron chi connectivity index (χ2n) is 5.98. The van der Waals surface area contributed by atoms with Gasteiger partial charge in [-0.25, -0.2) is 0 Å². The molecule has 0 aliphatic heterocycles. The van der Waals surface area contributed by atoms with Crippen molar-refractivity contribution < 1.29 is 10.2 Å². The summed E-state index contributed by atoms with van der Waals surface area (Å²) in [6.07, 6.45) is 1.80. The highest BCUT2D eigenvalue weighted by Crippen LogP contribution is 2.37. The van der Waals surface area contributed by atoms with Gasteiger partial charge in [-0.3, -0.25) is 0 Å². The topological polar surface area (TPSA) is 52.5 Å². The van der Waals surface area contributed by atoms with Gasteiger partial charge in [0.1, 0.15) is 5.75 Å². The van der Waals surface area contributed by atoms with Gasteiger partial charge in [0.25, 0.3) is 0 Å². The number of aliphatic hydroxyl groups is 1. The van der Waals surface area contributed by atoms with Crippen LogP contribution in [0.2, 0.25) is 5.02 Å². The van der Waals surface area contributed by atoms with Crippen LogP contribution in [0.3, 0.4) is 0 Å². The van der Waals surface area contributed by atoms with E-state index in [1.807, 2.05) is 19.1 Å². The van der Waals surface area contributed by atoms with E-state index in [-0.39, 0.29) is 12.4 Å². The summed E-state index contributed by atoms with van der Waals surface area (Å²) in [5, 5.41) is 24.2. The molecule has 22 heavy (non-hydrogen) atoms. The normalized spacial score (nSPS) is 20.1. The third-order valence-corrected chi connectivity index (χ3v) is 4.80. The maximum absolute atomic E-state index is 10.2. The minimum Gasteiger partial charge on any atom is -0.507 e. The summed E-state index contributed by atoms with van der Waals surface area (Å²) in [6.45, 7) is 2.32. The number of aromatic hydroxyl groups is 1. The van der Waals surface area contributed by atoms with E-state index in [9.17, 15) is 10.2 Å². The summed E-state index contributed by atoms with van der Waals surface area (Å²) in [6, 6.07) is 11.7. The molecule has 1 unspecified atom stereocenters. The summed E-state index contributed by atoms with van der Waals surface area (Å²) < 4.78 is 0. The fraction of sp³-hybridized carbons (Fsp3) is 0.333. The molecule has 1 atom stereocenters. The fourth-order valence-electron chi connectivity index (χ4n) is 3.30. The van der Waals surface area contributed by atoms with Gasteiger partial charge in [-0.15, -0.1) is 0 Å². The van der Waals surface area contributed by atoms with Crippen molar-refractivity contribution in [3.8, 4) is 5.75 Å². The first-order valence-electron chi connectivity index (χ1n) is 7.48. The molecule has 0 saturated carbocycles. The van der Waals surface area contributed by atoms with Crippen molar-refractivity contribution in [2.24, 2.45) is 0 Å². The Balaban J connectivity index is 1.87. The lowest BCUT2D eigenvalue weighted by Gasteiger charge is -2.30. The molecule has 116 valence electrons. The monoisotopic (exact) mass is 317 g/mol. The zero-order valence-corrected chi connectivity index (χ0v) is 13.3. The zero-order chi connectivity index (χ0) is 15.7. The first kappa shape index (κ1) is 15.3. The van der Waals surface area contributed by atoms with E-state index in [1.54, 1.807) is 12.1 Å². The number of fused-ring (bicyclic) bond motifs is 1. The Morgan fingerprint density at radius 2 is 2.05 bits per heavy atom. The number of hydrogen-bond acceptors (Lipinski definition) is 3. The number of benzene rings is 2. The third kappa shape index (κ3) is 2.60. The van der Waals surface area contributed by atoms with Crippen LogP contribution in [0.15, 0.2) is 36.4 Å². The molecule has 0 saturated heterocycles. The molecule has 3 rings (SSSR count). The molecular formula is C18H20ClNO2. The Labute approximate surface area is 135 Å². The highest BCUT2D eigenvalue weighted by Gasteiger charge is 2.37. The van der Waals surface area contributed by atoms with Crippen LogP contribution in [0.4, 0.5) is 0 Å². The Hall–Kier alpha value is -1.55. The Kier molecular flexibility index (Phi) is 4.13. The van der Waals surface area contributed by atoms with Crippen LogP contribution in [0, 0.1) is 6.92 Å². The molecule has 2 aromatic rings. The number of phenolic OH excluding ortho intramolecular Hbond substituents is 1. The predicted molar refractivity (Wildman–Crippen MR) is 88.2 cm³/mol. The predicted octanol–water partition coefficient (Wildman–Crippen LogP) is 3.28. The van der Waals surface area contributed by atoms with Crippen LogP contribution in [0.1, 0.15) is 28.7 Å². The lowest BCUT2D eigenvalue weighted by Crippen LogP contribution is -2.43. The minimum absolute atomic E-state index is 0.0321. The Bertz CT molecular complexity index is 701. The molecule has 4 heteroatoms. The van der Waals surface area contributed by atoms with Crippen LogP contribution >= 0.6 is 11.6 Å². The second kappa shape index (κ2) is 5.92. The third-order valence-electron chi connectivity index (χ3n) is 4.59. The summed E-state index contributed by atoms with van der Waals surface area (Å²) in [4.78, 5) is 0. The number of rotatable bonds is 4. The smallest absolute Gasteiger partial charge is 0.123 e. The van der Waals surface area contributed by atoms with Crippen LogP contribution < -0.4 is 5.32 Å². The zero-order valence-electron chi connectivity index (χ0n) is 12.6. The van der Waals surface area contributed by atoms with E-state index in [4.69, 9.17) is 11.6 Å². The van der Waals surface area contributed by atoms with Crippen molar-refractivity contribution in [1.29, 1.82) is 0 Å². The van der Waals surface area contributed by atoms with E-state index in [1.165, 1.54) is 5.56 Å². The van der Waals surface area contributed by atoms with Crippen LogP contribution in [0.25, 0.3) is 0 Å². The van der Waals surface area contributed by atoms with Gasteiger partial charge in [0.2, 0.25) is 0 Å². The fourth-order valence-corrected chi connectivity index (χ4v) is 3.59. The molecule has 3 nitrogen and oxygen atoms in total. The Morgan fingerprint density at radius 1 is 1.27 bits per heavy atom. The second-order valence-corrected chi connectivity index (χ2v) is 6.42. The largest absolute Gasteiger partial charge is 0.507 e. The Morgan fingerprint density at radius 3 is 2.82 bits per heavy atom. The van der Waals surface area contributed by atoms with E-state index < -0.39 is 5.54 Å². The highest BCUT2D eigenvalue weighted by molar-refractivity contribution is 6.30. The van der Waals surface area contributed by atoms with Gasteiger partial charge in [-0.2, -0.15) is 0 Å². The standard InChI is InChI=1S/C18H20ClNO2/c1-12-8-15(19)9-14(17(12)22)10-20-18(11-21)7-6-13-4-2-3-5-16(13)18/h2-5,8-9,20-22H,6-7,10-11H2,1H3. The molecule has 0 spiro atoms. The van der Waals surface area contributed by atoms with E-state index in [2.05, 4.69) is 17.4 Å². The first-order chi connectivity index (χ1) is 10.6. The number of hydrogen-bond donors (Lipinski definition) is 3. The van der Waals surface area contributed by atoms with E-state index >= 15 is 0 Å². The van der Waals surface area contributed by atoms with Gasteiger partial charge in [-0.1, -0.05) is 35.9 Å². The summed E-state index contributed by atoms with van der Waals surface area (Å²) in [7, 11) is 0. The number of phenols is 1. The van der Waals surface area contributed by atoms with E-state index in [0.29, 0.717) is 11.6 Å². The average Bonchev–Trinajstić information content (AvgIpc) is 2.89. The average molecular weight is 318 g/mol. The SMILES string of the molecule is Cc1cc(Cl)cc(CNC2(CO)CCc3ccccc32)c1O. The quantitative estimate of drug-likeness (QED) is 0.811. The molecule has 0 amide bonds. The van der Waals surface area contributed by atoms with Gasteiger partial charge < -0.3 is 15.5 Å². The van der Waals surface area contributed by atoms with Crippen molar-refractivity contribution in [3.63, 3.8) is 0 Å². The molecule has 1 aliphatic rings. The van der Waals surface area contributed by atoms with Crippen molar-refractivity contribution in [1.82, 2.24) is 5.32 Å². The lowest BCUT2D eigenvalue weighted by atomic mass is 9.92. The minimum atomic E-state index is -0.445. The maximum Gasteiger partial charge on any atom is 0.123 e. The molecular weight excluding hydrogens is 298 g/mol. The van der Waals surface area contributed by atoms with Crippen LogP contribution in [-0.4, -0.2) is 16.8 Å². The van der Waals surface area contributed by atoms with Gasteiger partial charge in [0, 0.05) is 17.1 Å². The number of aryl methyl sites for hydroxylation is 2. The van der Waals surface area contributed by atoms with Crippen molar-refractivity contribution in [3.05, 3.63) is 63.7 Å². The molecule has 0 heterocycles. The van der Waals surface area contributed by atoms with Gasteiger partial charge in [0.05, 0.1) is 12.1 Å². The molecule has 2 aromatic carbocycles. The number of nitrogens with one attached hydrogen (secondary N) is 1. The van der Waals surface area contributed by atoms with Crippen molar-refractivity contribution in [2.45, 2.75) is 31.8 Å². The van der Waals surface area contributed by atoms with Gasteiger partial charge in [-0.05, 0) is 48.6 Å². The van der Waals surface area contributed by atoms with Crippen molar-refractivity contribution in [2.75, 3.05) is 6.61 Å². The molecule has 0 radical (unpaired) electrons. The number of aliphatic hydroxyl groups excluding tert-OH is 1. The molecule has 1 aliphatic carbocycles. The molecule has 3 N–H and O–H groups in total. The molecule has 0 aromatic heterocycles. The van der Waals surface area contributed by atoms with Crippen LogP contribution in [-0.2, 0) is 18.5 Å². The van der Waals surface area contributed by atoms with E-state index in [0.717, 1.165) is 29.5 Å². The summed E-state index contributed by atoms with van der Waals surface area (Å²) in [5.41, 5.74) is 3.49. The highest BCUT2D eigenvalue weighted by atomic mass is 35.5. The lowest BCUT2D eigenvalue weighted by molar-refractivity contribution is 0.158. The van der Waals surface area contributed by atoms with Crippen molar-refractivity contribution >= 4 is 11.6 Å². The summed E-state index contributed by atoms with van der Waals surface area (Å²) >= 11 is 6.08. The van der Waals surface area contributed by atoms with Gasteiger partial charge >= 0.3 is 0 Å². The summed E-state index contributed by atoms with van der Waals surface area (Å²) in [5.74, 6) is 0.260. The van der Waals surface area contributed by atoms with Gasteiger partial charge in [0.15, 0.2) is 0 Å². The molecule has 0 fully saturated rings. The van der Waals surface area contributed by atoms with Crippen LogP contribution in [0.5, 0.6) is 5.75 Å². The first-order valence-corrected chi connectivity index (χ1v) is 7.86. The maximum atomic E-state index is 10.2. The number of halogens is 1. The molecule has 0 bridgehead atoms.